The minimum atomic E-state index is -4.36. The highest BCUT2D eigenvalue weighted by Gasteiger charge is 2.31. The van der Waals surface area contributed by atoms with Crippen molar-refractivity contribution < 1.29 is 23.0 Å². The maximum absolute atomic E-state index is 12.5. The number of rotatable bonds is 4. The Bertz CT molecular complexity index is 400. The van der Waals surface area contributed by atoms with Crippen molar-refractivity contribution in [2.24, 2.45) is 0 Å². The van der Waals surface area contributed by atoms with Crippen LogP contribution in [0.1, 0.15) is 36.6 Å². The van der Waals surface area contributed by atoms with E-state index in [1.807, 2.05) is 13.8 Å². The lowest BCUT2D eigenvalue weighted by Crippen LogP contribution is -2.13. The van der Waals surface area contributed by atoms with E-state index in [1.54, 1.807) is 6.92 Å². The third kappa shape index (κ3) is 3.99. The summed E-state index contributed by atoms with van der Waals surface area (Å²) in [6.45, 7) is 5.27. The van der Waals surface area contributed by atoms with Gasteiger partial charge >= 0.3 is 6.18 Å². The molecule has 0 aliphatic rings. The molecule has 0 radical (unpaired) electrons. The molecule has 0 fully saturated rings. The van der Waals surface area contributed by atoms with E-state index in [0.717, 1.165) is 12.1 Å². The van der Waals surface area contributed by atoms with Gasteiger partial charge in [-0.05, 0) is 44.0 Å². The summed E-state index contributed by atoms with van der Waals surface area (Å²) in [6, 6.07) is 3.31. The molecule has 0 bridgehead atoms. The normalized spacial score (nSPS) is 14.0. The van der Waals surface area contributed by atoms with E-state index in [1.165, 1.54) is 6.07 Å². The fraction of sp³-hybridized carbons (Fsp3) is 0.538. The number of alkyl halides is 3. The van der Waals surface area contributed by atoms with Crippen LogP contribution in [0, 0.1) is 6.92 Å². The molecule has 0 saturated heterocycles. The van der Waals surface area contributed by atoms with Crippen molar-refractivity contribution in [3.05, 3.63) is 34.9 Å². The number of benzene rings is 1. The molecule has 2 nitrogen and oxygen atoms in total. The fourth-order valence-electron chi connectivity index (χ4n) is 1.60. The zero-order valence-corrected chi connectivity index (χ0v) is 10.6. The molecule has 102 valence electrons. The van der Waals surface area contributed by atoms with Crippen molar-refractivity contribution in [3.63, 3.8) is 0 Å². The molecule has 0 aliphatic heterocycles. The first-order chi connectivity index (χ1) is 8.21. The van der Waals surface area contributed by atoms with Gasteiger partial charge < -0.3 is 9.84 Å². The quantitative estimate of drug-likeness (QED) is 0.900. The van der Waals surface area contributed by atoms with Crippen molar-refractivity contribution >= 4 is 0 Å². The van der Waals surface area contributed by atoms with Crippen LogP contribution >= 0.6 is 0 Å². The summed E-state index contributed by atoms with van der Waals surface area (Å²) in [5, 5.41) is 9.84. The lowest BCUT2D eigenvalue weighted by Gasteiger charge is -2.17. The molecule has 0 amide bonds. The Morgan fingerprint density at radius 1 is 1.28 bits per heavy atom. The average Bonchev–Trinajstić information content (AvgIpc) is 2.24. The van der Waals surface area contributed by atoms with Crippen molar-refractivity contribution in [3.8, 4) is 0 Å². The molecule has 0 aromatic heterocycles. The first-order valence-corrected chi connectivity index (χ1v) is 5.69. The molecule has 1 aromatic rings. The van der Waals surface area contributed by atoms with E-state index in [4.69, 9.17) is 4.74 Å². The Balaban J connectivity index is 2.85. The van der Waals surface area contributed by atoms with Crippen LogP contribution in [-0.4, -0.2) is 17.8 Å². The number of hydrogen-bond donors (Lipinski definition) is 1. The van der Waals surface area contributed by atoms with Crippen LogP contribution in [0.25, 0.3) is 0 Å². The number of aliphatic hydroxyl groups excluding tert-OH is 1. The molecule has 5 heteroatoms. The minimum absolute atomic E-state index is 0.0330. The second-order valence-corrected chi connectivity index (χ2v) is 4.47. The average molecular weight is 262 g/mol. The van der Waals surface area contributed by atoms with Gasteiger partial charge in [-0.2, -0.15) is 13.2 Å². The van der Waals surface area contributed by atoms with Crippen LogP contribution in [0.15, 0.2) is 18.2 Å². The third-order valence-corrected chi connectivity index (χ3v) is 2.54. The third-order valence-electron chi connectivity index (χ3n) is 2.54. The van der Waals surface area contributed by atoms with Crippen molar-refractivity contribution in [2.75, 3.05) is 6.61 Å². The lowest BCUT2D eigenvalue weighted by atomic mass is 10.0. The second kappa shape index (κ2) is 5.71. The van der Waals surface area contributed by atoms with E-state index in [9.17, 15) is 18.3 Å². The molecular formula is C13H17F3O2. The van der Waals surface area contributed by atoms with Crippen LogP contribution in [0.2, 0.25) is 0 Å². The minimum Gasteiger partial charge on any atom is -0.386 e. The second-order valence-electron chi connectivity index (χ2n) is 4.47. The maximum Gasteiger partial charge on any atom is 0.416 e. The Kier molecular flexibility index (Phi) is 4.76. The van der Waals surface area contributed by atoms with Gasteiger partial charge in [0.25, 0.3) is 0 Å². The molecule has 1 unspecified atom stereocenters. The highest BCUT2D eigenvalue weighted by atomic mass is 19.4. The standard InChI is InChI=1S/C13H17F3O2/c1-8(2)18-7-12(17)11-5-4-10(6-9(11)3)13(14,15)16/h4-6,8,12,17H,7H2,1-3H3. The van der Waals surface area contributed by atoms with Gasteiger partial charge in [-0.15, -0.1) is 0 Å². The number of ether oxygens (including phenoxy) is 1. The first kappa shape index (κ1) is 15.0. The number of hydrogen-bond acceptors (Lipinski definition) is 2. The Morgan fingerprint density at radius 3 is 2.33 bits per heavy atom. The molecule has 1 atom stereocenters. The SMILES string of the molecule is Cc1cc(C(F)(F)F)ccc1C(O)COC(C)C. The van der Waals surface area contributed by atoms with E-state index < -0.39 is 17.8 Å². The molecule has 0 heterocycles. The van der Waals surface area contributed by atoms with E-state index in [2.05, 4.69) is 0 Å². The van der Waals surface area contributed by atoms with Gasteiger partial charge in [0, 0.05) is 0 Å². The summed E-state index contributed by atoms with van der Waals surface area (Å²) >= 11 is 0. The highest BCUT2D eigenvalue weighted by Crippen LogP contribution is 2.31. The molecule has 18 heavy (non-hydrogen) atoms. The van der Waals surface area contributed by atoms with Crippen LogP contribution in [0.3, 0.4) is 0 Å². The van der Waals surface area contributed by atoms with Crippen LogP contribution < -0.4 is 0 Å². The predicted molar refractivity (Wildman–Crippen MR) is 62.2 cm³/mol. The zero-order chi connectivity index (χ0) is 13.9. The largest absolute Gasteiger partial charge is 0.416 e. The van der Waals surface area contributed by atoms with Gasteiger partial charge in [0.05, 0.1) is 18.3 Å². The molecular weight excluding hydrogens is 245 g/mol. The van der Waals surface area contributed by atoms with Crippen LogP contribution in [0.4, 0.5) is 13.2 Å². The van der Waals surface area contributed by atoms with Gasteiger partial charge in [0.15, 0.2) is 0 Å². The predicted octanol–water partition coefficient (Wildman–Crippen LogP) is 3.47. The van der Waals surface area contributed by atoms with Gasteiger partial charge in [-0.1, -0.05) is 6.07 Å². The monoisotopic (exact) mass is 262 g/mol. The Hall–Kier alpha value is -1.07. The molecule has 1 rings (SSSR count). The van der Waals surface area contributed by atoms with Crippen LogP contribution in [-0.2, 0) is 10.9 Å². The summed E-state index contributed by atoms with van der Waals surface area (Å²) in [6.07, 6.45) is -5.30. The molecule has 1 N–H and O–H groups in total. The van der Waals surface area contributed by atoms with Gasteiger partial charge in [0.1, 0.15) is 6.10 Å². The van der Waals surface area contributed by atoms with E-state index in [0.29, 0.717) is 11.1 Å². The van der Waals surface area contributed by atoms with Crippen molar-refractivity contribution in [2.45, 2.75) is 39.2 Å². The summed E-state index contributed by atoms with van der Waals surface area (Å²) in [7, 11) is 0. The number of aryl methyl sites for hydroxylation is 1. The number of aliphatic hydroxyl groups is 1. The summed E-state index contributed by atoms with van der Waals surface area (Å²) in [5.41, 5.74) is 0.161. The number of halogens is 3. The Morgan fingerprint density at radius 2 is 1.89 bits per heavy atom. The zero-order valence-electron chi connectivity index (χ0n) is 10.6. The summed E-state index contributed by atoms with van der Waals surface area (Å²) < 4.78 is 42.6. The van der Waals surface area contributed by atoms with Crippen LogP contribution in [0.5, 0.6) is 0 Å². The molecule has 1 aromatic carbocycles. The van der Waals surface area contributed by atoms with Gasteiger partial charge in [-0.25, -0.2) is 0 Å². The van der Waals surface area contributed by atoms with E-state index in [-0.39, 0.29) is 12.7 Å². The van der Waals surface area contributed by atoms with Gasteiger partial charge in [-0.3, -0.25) is 0 Å². The molecule has 0 saturated carbocycles. The molecule has 0 spiro atoms. The van der Waals surface area contributed by atoms with Crippen molar-refractivity contribution in [1.29, 1.82) is 0 Å². The van der Waals surface area contributed by atoms with Gasteiger partial charge in [0.2, 0.25) is 0 Å². The molecule has 0 aliphatic carbocycles. The van der Waals surface area contributed by atoms with E-state index >= 15 is 0 Å². The van der Waals surface area contributed by atoms with Crippen molar-refractivity contribution in [1.82, 2.24) is 0 Å². The lowest BCUT2D eigenvalue weighted by molar-refractivity contribution is -0.137. The highest BCUT2D eigenvalue weighted by molar-refractivity contribution is 5.34. The topological polar surface area (TPSA) is 29.5 Å². The summed E-state index contributed by atoms with van der Waals surface area (Å²) in [4.78, 5) is 0. The first-order valence-electron chi connectivity index (χ1n) is 5.69. The summed E-state index contributed by atoms with van der Waals surface area (Å²) in [5.74, 6) is 0. The fourth-order valence-corrected chi connectivity index (χ4v) is 1.60. The Labute approximate surface area is 104 Å². The maximum atomic E-state index is 12.5. The smallest absolute Gasteiger partial charge is 0.386 e.